The number of rotatable bonds is 7. The van der Waals surface area contributed by atoms with E-state index in [1.807, 2.05) is 30.3 Å². The number of amides is 1. The molecule has 0 saturated carbocycles. The second kappa shape index (κ2) is 9.09. The molecule has 0 saturated heterocycles. The summed E-state index contributed by atoms with van der Waals surface area (Å²) in [5, 5.41) is 11.7. The molecule has 6 heteroatoms. The molecule has 1 aromatic carbocycles. The van der Waals surface area contributed by atoms with Crippen LogP contribution in [0.2, 0.25) is 0 Å². The Labute approximate surface area is 139 Å². The van der Waals surface area contributed by atoms with E-state index in [0.29, 0.717) is 18.5 Å². The van der Waals surface area contributed by atoms with E-state index in [4.69, 9.17) is 9.84 Å². The highest BCUT2D eigenvalue weighted by Gasteiger charge is 2.06. The lowest BCUT2D eigenvalue weighted by Gasteiger charge is -2.06. The van der Waals surface area contributed by atoms with Gasteiger partial charge < -0.3 is 15.2 Å². The average Bonchev–Trinajstić information content (AvgIpc) is 2.61. The van der Waals surface area contributed by atoms with E-state index in [0.717, 1.165) is 5.56 Å². The number of aromatic carboxylic acids is 1. The van der Waals surface area contributed by atoms with E-state index in [-0.39, 0.29) is 12.2 Å². The van der Waals surface area contributed by atoms with Crippen LogP contribution in [0.25, 0.3) is 6.08 Å². The molecule has 0 aliphatic heterocycles. The van der Waals surface area contributed by atoms with Crippen LogP contribution in [0.15, 0.2) is 54.9 Å². The van der Waals surface area contributed by atoms with Crippen molar-refractivity contribution in [2.75, 3.05) is 6.54 Å². The van der Waals surface area contributed by atoms with Crippen molar-refractivity contribution in [3.8, 4) is 0 Å². The number of aromatic nitrogens is 1. The number of hydrogen-bond donors (Lipinski definition) is 2. The molecule has 0 radical (unpaired) electrons. The van der Waals surface area contributed by atoms with Crippen LogP contribution in [0.5, 0.6) is 0 Å². The Balaban J connectivity index is 1.71. The Morgan fingerprint density at radius 2 is 2.00 bits per heavy atom. The van der Waals surface area contributed by atoms with Gasteiger partial charge in [-0.05, 0) is 18.1 Å². The molecule has 6 nitrogen and oxygen atoms in total. The largest absolute Gasteiger partial charge is 0.478 e. The van der Waals surface area contributed by atoms with Crippen molar-refractivity contribution >= 4 is 18.1 Å². The molecular formula is C18H18N2O4. The van der Waals surface area contributed by atoms with Crippen molar-refractivity contribution in [3.05, 3.63) is 71.6 Å². The van der Waals surface area contributed by atoms with Crippen LogP contribution in [-0.4, -0.2) is 28.7 Å². The fourth-order valence-corrected chi connectivity index (χ4v) is 1.98. The molecule has 0 atom stereocenters. The molecule has 1 aromatic heterocycles. The summed E-state index contributed by atoms with van der Waals surface area (Å²) in [6, 6.07) is 10.9. The number of carbonyl (C=O) groups excluding carboxylic acids is 1. The first-order chi connectivity index (χ1) is 11.7. The third kappa shape index (κ3) is 5.57. The van der Waals surface area contributed by atoms with Crippen LogP contribution in [-0.2, 0) is 11.3 Å². The van der Waals surface area contributed by atoms with Crippen LogP contribution in [0.3, 0.4) is 0 Å². The zero-order valence-corrected chi connectivity index (χ0v) is 13.0. The molecule has 1 amide bonds. The Bertz CT molecular complexity index is 714. The fourth-order valence-electron chi connectivity index (χ4n) is 1.98. The molecule has 0 fully saturated rings. The molecule has 2 aromatic rings. The van der Waals surface area contributed by atoms with E-state index < -0.39 is 12.1 Å². The Hall–Kier alpha value is -3.15. The summed E-state index contributed by atoms with van der Waals surface area (Å²) in [6.45, 7) is 0.618. The third-order valence-corrected chi connectivity index (χ3v) is 3.17. The van der Waals surface area contributed by atoms with Crippen molar-refractivity contribution < 1.29 is 19.4 Å². The maximum Gasteiger partial charge on any atom is 0.407 e. The lowest BCUT2D eigenvalue weighted by atomic mass is 10.1. The number of hydrogen-bond acceptors (Lipinski definition) is 4. The highest BCUT2D eigenvalue weighted by atomic mass is 16.5. The Morgan fingerprint density at radius 1 is 1.21 bits per heavy atom. The Morgan fingerprint density at radius 3 is 2.75 bits per heavy atom. The molecule has 0 bridgehead atoms. The van der Waals surface area contributed by atoms with Gasteiger partial charge in [0.1, 0.15) is 6.61 Å². The van der Waals surface area contributed by atoms with Crippen molar-refractivity contribution in [1.82, 2.24) is 10.3 Å². The van der Waals surface area contributed by atoms with Crippen LogP contribution < -0.4 is 5.32 Å². The van der Waals surface area contributed by atoms with Gasteiger partial charge in [-0.3, -0.25) is 4.98 Å². The number of pyridine rings is 1. The van der Waals surface area contributed by atoms with E-state index in [1.54, 1.807) is 12.2 Å². The van der Waals surface area contributed by atoms with E-state index in [1.165, 1.54) is 18.5 Å². The van der Waals surface area contributed by atoms with Gasteiger partial charge in [0.15, 0.2) is 0 Å². The first-order valence-electron chi connectivity index (χ1n) is 7.45. The van der Waals surface area contributed by atoms with Crippen molar-refractivity contribution in [2.45, 2.75) is 13.0 Å². The van der Waals surface area contributed by atoms with Crippen molar-refractivity contribution in [2.24, 2.45) is 0 Å². The number of ether oxygens (including phenoxy) is 1. The summed E-state index contributed by atoms with van der Waals surface area (Å²) < 4.78 is 5.08. The zero-order valence-electron chi connectivity index (χ0n) is 13.0. The number of alkyl carbamates (subject to hydrolysis) is 1. The van der Waals surface area contributed by atoms with Crippen LogP contribution >= 0.6 is 0 Å². The lowest BCUT2D eigenvalue weighted by molar-refractivity contribution is 0.0696. The lowest BCUT2D eigenvalue weighted by Crippen LogP contribution is -2.24. The molecule has 24 heavy (non-hydrogen) atoms. The number of carboxylic acid groups (broad SMARTS) is 1. The van der Waals surface area contributed by atoms with Crippen LogP contribution in [0, 0.1) is 0 Å². The maximum absolute atomic E-state index is 11.5. The minimum absolute atomic E-state index is 0.191. The quantitative estimate of drug-likeness (QED) is 0.763. The van der Waals surface area contributed by atoms with E-state index in [9.17, 15) is 9.59 Å². The molecule has 2 rings (SSSR count). The standard InChI is InChI=1S/C18H18N2O4/c21-17(22)16-9-11-19-12-15(16)8-4-5-10-20-18(23)24-13-14-6-2-1-3-7-14/h1-4,6-9,11-12H,5,10,13H2,(H,20,23)(H,21,22). The minimum Gasteiger partial charge on any atom is -0.478 e. The van der Waals surface area contributed by atoms with E-state index in [2.05, 4.69) is 10.3 Å². The highest BCUT2D eigenvalue weighted by Crippen LogP contribution is 2.09. The number of carbonyl (C=O) groups is 2. The molecule has 0 aliphatic rings. The monoisotopic (exact) mass is 326 g/mol. The number of nitrogens with one attached hydrogen (secondary N) is 1. The normalized spacial score (nSPS) is 10.5. The van der Waals surface area contributed by atoms with Gasteiger partial charge >= 0.3 is 12.1 Å². The Kier molecular flexibility index (Phi) is 6.52. The predicted molar refractivity (Wildman–Crippen MR) is 89.5 cm³/mol. The molecule has 0 spiro atoms. The van der Waals surface area contributed by atoms with Crippen molar-refractivity contribution in [1.29, 1.82) is 0 Å². The third-order valence-electron chi connectivity index (χ3n) is 3.17. The second-order valence-electron chi connectivity index (χ2n) is 4.95. The smallest absolute Gasteiger partial charge is 0.407 e. The molecule has 0 aliphatic carbocycles. The summed E-state index contributed by atoms with van der Waals surface area (Å²) in [6.07, 6.45) is 6.44. The maximum atomic E-state index is 11.5. The topological polar surface area (TPSA) is 88.5 Å². The summed E-state index contributed by atoms with van der Waals surface area (Å²) in [4.78, 5) is 26.5. The average molecular weight is 326 g/mol. The molecule has 0 unspecified atom stereocenters. The SMILES string of the molecule is O=C(NCCC=Cc1cnccc1C(=O)O)OCc1ccccc1. The second-order valence-corrected chi connectivity index (χ2v) is 4.95. The van der Waals surface area contributed by atoms with Gasteiger partial charge in [-0.1, -0.05) is 42.5 Å². The van der Waals surface area contributed by atoms with Crippen LogP contribution in [0.1, 0.15) is 27.9 Å². The number of benzene rings is 1. The molecule has 2 N–H and O–H groups in total. The zero-order chi connectivity index (χ0) is 17.2. The first-order valence-corrected chi connectivity index (χ1v) is 7.45. The first kappa shape index (κ1) is 17.2. The molecular weight excluding hydrogens is 308 g/mol. The summed E-state index contributed by atoms with van der Waals surface area (Å²) in [5.74, 6) is -1.00. The van der Waals surface area contributed by atoms with Gasteiger partial charge in [0.25, 0.3) is 0 Å². The van der Waals surface area contributed by atoms with Crippen LogP contribution in [0.4, 0.5) is 4.79 Å². The minimum atomic E-state index is -1.00. The predicted octanol–water partition coefficient (Wildman–Crippen LogP) is 3.11. The number of nitrogens with zero attached hydrogens (tertiary/aromatic N) is 1. The van der Waals surface area contributed by atoms with E-state index >= 15 is 0 Å². The van der Waals surface area contributed by atoms with Crippen molar-refractivity contribution in [3.63, 3.8) is 0 Å². The number of carboxylic acids is 1. The molecule has 1 heterocycles. The fraction of sp³-hybridized carbons (Fsp3) is 0.167. The van der Waals surface area contributed by atoms with Gasteiger partial charge in [-0.25, -0.2) is 9.59 Å². The summed E-state index contributed by atoms with van der Waals surface area (Å²) in [7, 11) is 0. The summed E-state index contributed by atoms with van der Waals surface area (Å²) >= 11 is 0. The van der Waals surface area contributed by atoms with Gasteiger partial charge in [-0.2, -0.15) is 0 Å². The highest BCUT2D eigenvalue weighted by molar-refractivity contribution is 5.91. The van der Waals surface area contributed by atoms with Gasteiger partial charge in [-0.15, -0.1) is 0 Å². The molecule has 124 valence electrons. The summed E-state index contributed by atoms with van der Waals surface area (Å²) in [5.41, 5.74) is 1.64. The van der Waals surface area contributed by atoms with Gasteiger partial charge in [0.2, 0.25) is 0 Å². The van der Waals surface area contributed by atoms with Gasteiger partial charge in [0.05, 0.1) is 5.56 Å². The van der Waals surface area contributed by atoms with Gasteiger partial charge in [0, 0.05) is 24.5 Å².